The number of hydrogen-bond acceptors (Lipinski definition) is 5. The molecule has 0 fully saturated rings. The van der Waals surface area contributed by atoms with Crippen molar-refractivity contribution in [3.05, 3.63) is 12.2 Å². The fourth-order valence-corrected chi connectivity index (χ4v) is 11.1. The molecule has 0 rings (SSSR count). The van der Waals surface area contributed by atoms with Gasteiger partial charge in [0.15, 0.2) is 0 Å². The molecule has 0 saturated carbocycles. The minimum atomic E-state index is -0.659. The number of nitrogens with one attached hydrogen (secondary N) is 1. The summed E-state index contributed by atoms with van der Waals surface area (Å²) in [4.78, 5) is 24.5. The van der Waals surface area contributed by atoms with Crippen LogP contribution in [0.15, 0.2) is 12.2 Å². The first-order valence-corrected chi connectivity index (χ1v) is 34.4. The maximum Gasteiger partial charge on any atom is 0.305 e. The Morgan fingerprint density at radius 1 is 0.360 bits per heavy atom. The summed E-state index contributed by atoms with van der Waals surface area (Å²) in [6.07, 6.45) is 79.9. The van der Waals surface area contributed by atoms with Crippen molar-refractivity contribution in [3.63, 3.8) is 0 Å². The SMILES string of the molecule is CCCCCCCCCCCCCCC(=O)OCCCCCCCCCCCCCCCC/C=C\CCCCCCCCCCCCCCCCCCCC(=O)NC(CO)C(O)CCCCCCCCCCCCC. The third kappa shape index (κ3) is 61.7. The standard InChI is InChI=1S/C69H135NO5/c1-3-5-7-9-11-13-15-43-47-51-55-59-63-69(74)75-64-60-56-52-48-44-40-38-36-34-32-30-28-26-24-22-20-18-16-17-19-21-23-25-27-29-31-33-35-37-39-42-46-50-54-58-62-68(73)70-66(65-71)67(72)61-57-53-49-45-41-14-12-10-8-6-4-2/h18,20,66-67,71-72H,3-17,19,21-65H2,1-2H3,(H,70,73)/b20-18-. The number of esters is 1. The van der Waals surface area contributed by atoms with Gasteiger partial charge in [0, 0.05) is 12.8 Å². The molecule has 0 spiro atoms. The molecule has 2 unspecified atom stereocenters. The van der Waals surface area contributed by atoms with Crippen molar-refractivity contribution >= 4 is 11.9 Å². The maximum atomic E-state index is 12.5. The summed E-state index contributed by atoms with van der Waals surface area (Å²) in [7, 11) is 0. The molecule has 0 bridgehead atoms. The second kappa shape index (κ2) is 65.1. The summed E-state index contributed by atoms with van der Waals surface area (Å²) < 4.78 is 5.48. The predicted molar refractivity (Wildman–Crippen MR) is 329 cm³/mol. The van der Waals surface area contributed by atoms with Crippen LogP contribution in [0.4, 0.5) is 0 Å². The maximum absolute atomic E-state index is 12.5. The molecule has 0 aromatic heterocycles. The van der Waals surface area contributed by atoms with Gasteiger partial charge in [-0.05, 0) is 51.4 Å². The van der Waals surface area contributed by atoms with E-state index in [0.29, 0.717) is 25.9 Å². The van der Waals surface area contributed by atoms with Crippen LogP contribution in [0.2, 0.25) is 0 Å². The number of amides is 1. The van der Waals surface area contributed by atoms with Crippen LogP contribution in [0.25, 0.3) is 0 Å². The predicted octanol–water partition coefficient (Wildman–Crippen LogP) is 22.0. The van der Waals surface area contributed by atoms with Crippen LogP contribution in [-0.4, -0.2) is 47.4 Å². The summed E-state index contributed by atoms with van der Waals surface area (Å²) in [6.45, 7) is 4.97. The van der Waals surface area contributed by atoms with Crippen molar-refractivity contribution in [2.45, 2.75) is 405 Å². The van der Waals surface area contributed by atoms with Gasteiger partial charge in [-0.2, -0.15) is 0 Å². The molecule has 0 aliphatic rings. The van der Waals surface area contributed by atoms with Gasteiger partial charge < -0.3 is 20.3 Å². The van der Waals surface area contributed by atoms with Crippen molar-refractivity contribution in [2.24, 2.45) is 0 Å². The molecule has 2 atom stereocenters. The number of aliphatic hydroxyl groups is 2. The van der Waals surface area contributed by atoms with Gasteiger partial charge in [-0.1, -0.05) is 341 Å². The lowest BCUT2D eigenvalue weighted by Crippen LogP contribution is -2.45. The molecule has 0 heterocycles. The Hall–Kier alpha value is -1.40. The molecule has 1 amide bonds. The molecule has 0 aromatic carbocycles. The van der Waals surface area contributed by atoms with E-state index < -0.39 is 12.1 Å². The first-order chi connectivity index (χ1) is 37.0. The van der Waals surface area contributed by atoms with Gasteiger partial charge in [-0.25, -0.2) is 0 Å². The minimum absolute atomic E-state index is 0.0215. The number of allylic oxidation sites excluding steroid dienone is 2. The first-order valence-electron chi connectivity index (χ1n) is 34.4. The highest BCUT2D eigenvalue weighted by molar-refractivity contribution is 5.76. The molecule has 0 radical (unpaired) electrons. The van der Waals surface area contributed by atoms with Crippen molar-refractivity contribution in [1.29, 1.82) is 0 Å². The Morgan fingerprint density at radius 2 is 0.627 bits per heavy atom. The highest BCUT2D eigenvalue weighted by Crippen LogP contribution is 2.19. The topological polar surface area (TPSA) is 95.9 Å². The van der Waals surface area contributed by atoms with Crippen molar-refractivity contribution in [1.82, 2.24) is 5.32 Å². The molecule has 3 N–H and O–H groups in total. The van der Waals surface area contributed by atoms with E-state index in [9.17, 15) is 19.8 Å². The second-order valence-electron chi connectivity index (χ2n) is 23.9. The normalized spacial score (nSPS) is 12.5. The van der Waals surface area contributed by atoms with E-state index in [1.54, 1.807) is 0 Å². The smallest absolute Gasteiger partial charge is 0.305 e. The Balaban J connectivity index is 3.31. The molecule has 0 aliphatic carbocycles. The lowest BCUT2D eigenvalue weighted by Gasteiger charge is -2.22. The lowest BCUT2D eigenvalue weighted by atomic mass is 10.0. The number of ether oxygens (including phenoxy) is 1. The third-order valence-corrected chi connectivity index (χ3v) is 16.3. The van der Waals surface area contributed by atoms with E-state index in [4.69, 9.17) is 4.74 Å². The van der Waals surface area contributed by atoms with Crippen LogP contribution in [0.3, 0.4) is 0 Å². The second-order valence-corrected chi connectivity index (χ2v) is 23.9. The van der Waals surface area contributed by atoms with Crippen molar-refractivity contribution in [2.75, 3.05) is 13.2 Å². The summed E-state index contributed by atoms with van der Waals surface area (Å²) in [6, 6.07) is -0.536. The van der Waals surface area contributed by atoms with Gasteiger partial charge >= 0.3 is 5.97 Å². The molecule has 0 aliphatic heterocycles. The number of carbonyl (C=O) groups is 2. The van der Waals surface area contributed by atoms with Crippen LogP contribution < -0.4 is 5.32 Å². The molecule has 6 nitrogen and oxygen atoms in total. The van der Waals surface area contributed by atoms with E-state index in [1.165, 1.54) is 321 Å². The Kier molecular flexibility index (Phi) is 63.9. The molecule has 6 heteroatoms. The van der Waals surface area contributed by atoms with E-state index in [2.05, 4.69) is 31.3 Å². The molecular weight excluding hydrogens is 923 g/mol. The summed E-state index contributed by atoms with van der Waals surface area (Å²) >= 11 is 0. The monoisotopic (exact) mass is 1060 g/mol. The van der Waals surface area contributed by atoms with Crippen LogP contribution in [0.1, 0.15) is 393 Å². The first kappa shape index (κ1) is 73.6. The summed E-state index contributed by atoms with van der Waals surface area (Å²) in [5, 5.41) is 23.2. The molecule has 0 saturated heterocycles. The van der Waals surface area contributed by atoms with Crippen LogP contribution >= 0.6 is 0 Å². The van der Waals surface area contributed by atoms with Crippen molar-refractivity contribution < 1.29 is 24.5 Å². The summed E-state index contributed by atoms with van der Waals surface area (Å²) in [5.41, 5.74) is 0. The Bertz CT molecular complexity index is 1130. The lowest BCUT2D eigenvalue weighted by molar-refractivity contribution is -0.143. The average Bonchev–Trinajstić information content (AvgIpc) is 3.41. The van der Waals surface area contributed by atoms with Crippen molar-refractivity contribution in [3.8, 4) is 0 Å². The zero-order valence-corrected chi connectivity index (χ0v) is 51.1. The van der Waals surface area contributed by atoms with Gasteiger partial charge in [0.1, 0.15) is 0 Å². The van der Waals surface area contributed by atoms with Gasteiger partial charge in [-0.3, -0.25) is 9.59 Å². The summed E-state index contributed by atoms with van der Waals surface area (Å²) in [5.74, 6) is -0.00872. The van der Waals surface area contributed by atoms with E-state index in [1.807, 2.05) is 0 Å². The fourth-order valence-electron chi connectivity index (χ4n) is 11.1. The zero-order chi connectivity index (χ0) is 54.3. The quantitative estimate of drug-likeness (QED) is 0.0320. The minimum Gasteiger partial charge on any atom is -0.466 e. The van der Waals surface area contributed by atoms with Gasteiger partial charge in [0.05, 0.1) is 25.4 Å². The zero-order valence-electron chi connectivity index (χ0n) is 51.1. The van der Waals surface area contributed by atoms with Gasteiger partial charge in [-0.15, -0.1) is 0 Å². The van der Waals surface area contributed by atoms with Crippen LogP contribution in [0, 0.1) is 0 Å². The molecular formula is C69H135NO5. The number of rotatable bonds is 65. The molecule has 446 valence electrons. The largest absolute Gasteiger partial charge is 0.466 e. The Morgan fingerprint density at radius 3 is 0.947 bits per heavy atom. The fraction of sp³-hybridized carbons (Fsp3) is 0.942. The molecule has 0 aromatic rings. The highest BCUT2D eigenvalue weighted by Gasteiger charge is 2.20. The highest BCUT2D eigenvalue weighted by atomic mass is 16.5. The van der Waals surface area contributed by atoms with E-state index >= 15 is 0 Å². The van der Waals surface area contributed by atoms with Crippen LogP contribution in [-0.2, 0) is 14.3 Å². The number of hydrogen-bond donors (Lipinski definition) is 3. The van der Waals surface area contributed by atoms with E-state index in [0.717, 1.165) is 38.5 Å². The van der Waals surface area contributed by atoms with E-state index in [-0.39, 0.29) is 18.5 Å². The van der Waals surface area contributed by atoms with Crippen LogP contribution in [0.5, 0.6) is 0 Å². The third-order valence-electron chi connectivity index (χ3n) is 16.3. The average molecular weight is 1060 g/mol. The number of unbranched alkanes of at least 4 members (excludes halogenated alkanes) is 52. The molecule has 75 heavy (non-hydrogen) atoms. The number of aliphatic hydroxyl groups excluding tert-OH is 2. The number of carbonyl (C=O) groups excluding carboxylic acids is 2. The van der Waals surface area contributed by atoms with Gasteiger partial charge in [0.25, 0.3) is 0 Å². The van der Waals surface area contributed by atoms with Gasteiger partial charge in [0.2, 0.25) is 5.91 Å². The Labute approximate surface area is 469 Å².